The van der Waals surface area contributed by atoms with Crippen molar-refractivity contribution in [3.05, 3.63) is 71.8 Å². The van der Waals surface area contributed by atoms with Gasteiger partial charge >= 0.3 is 0 Å². The molecule has 2 rings (SSSR count). The summed E-state index contributed by atoms with van der Waals surface area (Å²) in [7, 11) is 0. The molecule has 1 amide bonds. The maximum atomic E-state index is 11.8. The first-order valence-corrected chi connectivity index (χ1v) is 7.05. The maximum absolute atomic E-state index is 11.8. The Morgan fingerprint density at radius 1 is 1.05 bits per heavy atom. The minimum atomic E-state index is -0.267. The molecule has 0 bridgehead atoms. The van der Waals surface area contributed by atoms with E-state index in [4.69, 9.17) is 4.74 Å². The number of carbonyl (C=O) groups is 1. The number of rotatable bonds is 6. The molecule has 22 heavy (non-hydrogen) atoms. The SMILES string of the molecule is C=C(NNC(=O)COc1cc(C)cc(C)c1)c1ccccc1. The topological polar surface area (TPSA) is 50.4 Å². The molecule has 2 N–H and O–H groups in total. The van der Waals surface area contributed by atoms with Crippen molar-refractivity contribution in [2.75, 3.05) is 6.61 Å². The number of hydrogen-bond acceptors (Lipinski definition) is 3. The number of nitrogens with one attached hydrogen (secondary N) is 2. The van der Waals surface area contributed by atoms with E-state index >= 15 is 0 Å². The number of amides is 1. The second kappa shape index (κ2) is 7.31. The summed E-state index contributed by atoms with van der Waals surface area (Å²) in [5, 5.41) is 0. The highest BCUT2D eigenvalue weighted by atomic mass is 16.5. The summed E-state index contributed by atoms with van der Waals surface area (Å²) in [6.07, 6.45) is 0. The fourth-order valence-corrected chi connectivity index (χ4v) is 2.06. The molecule has 4 nitrogen and oxygen atoms in total. The van der Waals surface area contributed by atoms with Crippen LogP contribution in [0.1, 0.15) is 16.7 Å². The van der Waals surface area contributed by atoms with Crippen molar-refractivity contribution >= 4 is 11.6 Å². The van der Waals surface area contributed by atoms with Crippen molar-refractivity contribution in [3.8, 4) is 5.75 Å². The Labute approximate surface area is 130 Å². The van der Waals surface area contributed by atoms with E-state index in [9.17, 15) is 4.79 Å². The van der Waals surface area contributed by atoms with Crippen molar-refractivity contribution in [1.82, 2.24) is 10.9 Å². The quantitative estimate of drug-likeness (QED) is 0.806. The van der Waals surface area contributed by atoms with Crippen LogP contribution >= 0.6 is 0 Å². The number of hydrazine groups is 1. The van der Waals surface area contributed by atoms with Gasteiger partial charge < -0.3 is 4.74 Å². The number of aryl methyl sites for hydroxylation is 2. The normalized spacial score (nSPS) is 9.91. The van der Waals surface area contributed by atoms with Gasteiger partial charge in [0.05, 0.1) is 5.70 Å². The van der Waals surface area contributed by atoms with E-state index in [1.54, 1.807) is 0 Å². The molecular formula is C18H20N2O2. The Morgan fingerprint density at radius 2 is 1.68 bits per heavy atom. The third-order valence-electron chi connectivity index (χ3n) is 3.04. The van der Waals surface area contributed by atoms with Crippen LogP contribution in [0.5, 0.6) is 5.75 Å². The Hall–Kier alpha value is -2.75. The van der Waals surface area contributed by atoms with E-state index in [0.29, 0.717) is 11.4 Å². The van der Waals surface area contributed by atoms with Crippen LogP contribution in [-0.2, 0) is 4.79 Å². The van der Waals surface area contributed by atoms with Crippen LogP contribution in [0.2, 0.25) is 0 Å². The molecule has 2 aromatic rings. The Balaban J connectivity index is 1.80. The number of benzene rings is 2. The van der Waals surface area contributed by atoms with Gasteiger partial charge in [-0.05, 0) is 42.7 Å². The lowest BCUT2D eigenvalue weighted by Crippen LogP contribution is -2.38. The van der Waals surface area contributed by atoms with E-state index < -0.39 is 0 Å². The van der Waals surface area contributed by atoms with Crippen LogP contribution in [0.3, 0.4) is 0 Å². The highest BCUT2D eigenvalue weighted by Crippen LogP contribution is 2.15. The molecule has 0 aliphatic heterocycles. The van der Waals surface area contributed by atoms with Gasteiger partial charge in [-0.3, -0.25) is 15.6 Å². The van der Waals surface area contributed by atoms with Gasteiger partial charge in [-0.15, -0.1) is 0 Å². The second-order valence-corrected chi connectivity index (χ2v) is 5.13. The summed E-state index contributed by atoms with van der Waals surface area (Å²) in [6, 6.07) is 15.4. The average Bonchev–Trinajstić information content (AvgIpc) is 2.50. The van der Waals surface area contributed by atoms with Crippen LogP contribution in [0.25, 0.3) is 5.70 Å². The highest BCUT2D eigenvalue weighted by Gasteiger charge is 2.04. The van der Waals surface area contributed by atoms with E-state index in [1.165, 1.54) is 0 Å². The minimum absolute atomic E-state index is 0.0576. The monoisotopic (exact) mass is 296 g/mol. The molecule has 0 spiro atoms. The zero-order valence-electron chi connectivity index (χ0n) is 12.8. The first-order chi connectivity index (χ1) is 10.5. The van der Waals surface area contributed by atoms with E-state index in [0.717, 1.165) is 16.7 Å². The summed E-state index contributed by atoms with van der Waals surface area (Å²) in [6.45, 7) is 7.80. The van der Waals surface area contributed by atoms with Gasteiger partial charge in [0.15, 0.2) is 6.61 Å². The van der Waals surface area contributed by atoms with Crippen LogP contribution in [0.4, 0.5) is 0 Å². The van der Waals surface area contributed by atoms with Crippen molar-refractivity contribution in [2.45, 2.75) is 13.8 Å². The minimum Gasteiger partial charge on any atom is -0.484 e. The lowest BCUT2D eigenvalue weighted by Gasteiger charge is -2.12. The van der Waals surface area contributed by atoms with E-state index in [1.807, 2.05) is 56.3 Å². The van der Waals surface area contributed by atoms with Crippen LogP contribution in [0, 0.1) is 13.8 Å². The zero-order valence-corrected chi connectivity index (χ0v) is 12.8. The standard InChI is InChI=1S/C18H20N2O2/c1-13-9-14(2)11-17(10-13)22-12-18(21)20-19-15(3)16-7-5-4-6-8-16/h4-11,19H,3,12H2,1-2H3,(H,20,21). The molecule has 114 valence electrons. The fraction of sp³-hybridized carbons (Fsp3) is 0.167. The molecule has 0 saturated heterocycles. The Morgan fingerprint density at radius 3 is 2.32 bits per heavy atom. The van der Waals surface area contributed by atoms with Gasteiger partial charge in [-0.25, -0.2) is 0 Å². The van der Waals surface area contributed by atoms with Crippen molar-refractivity contribution in [3.63, 3.8) is 0 Å². The van der Waals surface area contributed by atoms with E-state index in [-0.39, 0.29) is 12.5 Å². The zero-order chi connectivity index (χ0) is 15.9. The highest BCUT2D eigenvalue weighted by molar-refractivity contribution is 5.78. The second-order valence-electron chi connectivity index (χ2n) is 5.13. The molecule has 0 aromatic heterocycles. The summed E-state index contributed by atoms with van der Waals surface area (Å²) in [4.78, 5) is 11.8. The Bertz CT molecular complexity index is 646. The molecular weight excluding hydrogens is 276 g/mol. The molecule has 0 unspecified atom stereocenters. The van der Waals surface area contributed by atoms with Gasteiger partial charge in [0, 0.05) is 0 Å². The third kappa shape index (κ3) is 4.66. The molecule has 0 aliphatic carbocycles. The van der Waals surface area contributed by atoms with Crippen LogP contribution < -0.4 is 15.6 Å². The van der Waals surface area contributed by atoms with Gasteiger partial charge in [0.1, 0.15) is 5.75 Å². The molecule has 0 atom stereocenters. The number of carbonyl (C=O) groups excluding carboxylic acids is 1. The molecule has 0 radical (unpaired) electrons. The first kappa shape index (κ1) is 15.6. The molecule has 4 heteroatoms. The molecule has 0 fully saturated rings. The first-order valence-electron chi connectivity index (χ1n) is 7.05. The van der Waals surface area contributed by atoms with Crippen LogP contribution in [-0.4, -0.2) is 12.5 Å². The van der Waals surface area contributed by atoms with Gasteiger partial charge in [-0.1, -0.05) is 43.0 Å². The summed E-state index contributed by atoms with van der Waals surface area (Å²) < 4.78 is 5.49. The van der Waals surface area contributed by atoms with Gasteiger partial charge in [0.2, 0.25) is 0 Å². The van der Waals surface area contributed by atoms with E-state index in [2.05, 4.69) is 23.5 Å². The number of ether oxygens (including phenoxy) is 1. The summed E-state index contributed by atoms with van der Waals surface area (Å²) in [5.74, 6) is 0.422. The molecule has 0 heterocycles. The third-order valence-corrected chi connectivity index (χ3v) is 3.04. The van der Waals surface area contributed by atoms with Crippen molar-refractivity contribution in [1.29, 1.82) is 0 Å². The van der Waals surface area contributed by atoms with Gasteiger partial charge in [0.25, 0.3) is 5.91 Å². The van der Waals surface area contributed by atoms with Crippen LogP contribution in [0.15, 0.2) is 55.1 Å². The summed E-state index contributed by atoms with van der Waals surface area (Å²) in [5.41, 5.74) is 9.10. The van der Waals surface area contributed by atoms with Crippen molar-refractivity contribution in [2.24, 2.45) is 0 Å². The smallest absolute Gasteiger partial charge is 0.276 e. The number of hydrogen-bond donors (Lipinski definition) is 2. The molecule has 2 aromatic carbocycles. The predicted octanol–water partition coefficient (Wildman–Crippen LogP) is 2.97. The fourth-order valence-electron chi connectivity index (χ4n) is 2.06. The molecule has 0 aliphatic rings. The summed E-state index contributed by atoms with van der Waals surface area (Å²) >= 11 is 0. The van der Waals surface area contributed by atoms with Crippen molar-refractivity contribution < 1.29 is 9.53 Å². The van der Waals surface area contributed by atoms with Gasteiger partial charge in [-0.2, -0.15) is 0 Å². The lowest BCUT2D eigenvalue weighted by molar-refractivity contribution is -0.123. The maximum Gasteiger partial charge on any atom is 0.276 e. The lowest BCUT2D eigenvalue weighted by atomic mass is 10.1. The predicted molar refractivity (Wildman–Crippen MR) is 88.2 cm³/mol. The molecule has 0 saturated carbocycles. The average molecular weight is 296 g/mol. The Kier molecular flexibility index (Phi) is 5.20. The largest absolute Gasteiger partial charge is 0.484 e.